The molecule has 144 valence electrons. The normalized spacial score (nSPS) is 14.4. The van der Waals surface area contributed by atoms with E-state index in [1.165, 1.54) is 17.7 Å². The molecule has 0 amide bonds. The van der Waals surface area contributed by atoms with Gasteiger partial charge in [0.15, 0.2) is 5.96 Å². The summed E-state index contributed by atoms with van der Waals surface area (Å²) in [6.45, 7) is 6.69. The molecule has 1 saturated heterocycles. The second-order valence-electron chi connectivity index (χ2n) is 6.50. The molecule has 0 atom stereocenters. The van der Waals surface area contributed by atoms with Crippen molar-refractivity contribution < 1.29 is 0 Å². The van der Waals surface area contributed by atoms with E-state index < -0.39 is 0 Å². The first-order valence-corrected chi connectivity index (χ1v) is 10.7. The molecule has 1 aliphatic rings. The van der Waals surface area contributed by atoms with Gasteiger partial charge in [-0.25, -0.2) is 9.98 Å². The summed E-state index contributed by atoms with van der Waals surface area (Å²) in [6.07, 6.45) is 4.49. The molecule has 0 unspecified atom stereocenters. The van der Waals surface area contributed by atoms with Crippen LogP contribution in [0.4, 0.5) is 5.82 Å². The third-order valence-electron chi connectivity index (χ3n) is 4.41. The SMILES string of the molecule is CCNC(=NCc1ccc(N2CCCC2)nc1)NCCSc1ccccc1. The van der Waals surface area contributed by atoms with Gasteiger partial charge in [-0.15, -0.1) is 11.8 Å². The molecule has 0 aliphatic carbocycles. The highest BCUT2D eigenvalue weighted by molar-refractivity contribution is 7.99. The van der Waals surface area contributed by atoms with Gasteiger partial charge in [0.05, 0.1) is 6.54 Å². The van der Waals surface area contributed by atoms with Crippen molar-refractivity contribution in [2.24, 2.45) is 4.99 Å². The highest BCUT2D eigenvalue weighted by Crippen LogP contribution is 2.18. The Balaban J connectivity index is 1.46. The van der Waals surface area contributed by atoms with Crippen molar-refractivity contribution in [1.82, 2.24) is 15.6 Å². The summed E-state index contributed by atoms with van der Waals surface area (Å²) in [5.41, 5.74) is 1.13. The fourth-order valence-electron chi connectivity index (χ4n) is 3.01. The largest absolute Gasteiger partial charge is 0.357 e. The van der Waals surface area contributed by atoms with Crippen LogP contribution >= 0.6 is 11.8 Å². The lowest BCUT2D eigenvalue weighted by Gasteiger charge is -2.16. The highest BCUT2D eigenvalue weighted by atomic mass is 32.2. The number of pyridine rings is 1. The van der Waals surface area contributed by atoms with E-state index in [0.29, 0.717) is 6.54 Å². The van der Waals surface area contributed by atoms with Gasteiger partial charge in [-0.1, -0.05) is 24.3 Å². The third kappa shape index (κ3) is 6.47. The summed E-state index contributed by atoms with van der Waals surface area (Å²) in [5, 5.41) is 6.72. The standard InChI is InChI=1S/C21H29N5S/c1-2-22-21(23-12-15-27-19-8-4-3-5-9-19)25-17-18-10-11-20(24-16-18)26-13-6-7-14-26/h3-5,8-11,16H,2,6-7,12-15,17H2,1H3,(H2,22,23,25). The topological polar surface area (TPSA) is 52.6 Å². The summed E-state index contributed by atoms with van der Waals surface area (Å²) in [7, 11) is 0. The molecule has 3 rings (SSSR count). The molecule has 5 nitrogen and oxygen atoms in total. The number of rotatable bonds is 8. The first-order valence-electron chi connectivity index (χ1n) is 9.75. The smallest absolute Gasteiger partial charge is 0.191 e. The van der Waals surface area contributed by atoms with Crippen molar-refractivity contribution >= 4 is 23.5 Å². The minimum absolute atomic E-state index is 0.633. The van der Waals surface area contributed by atoms with E-state index in [1.807, 2.05) is 24.0 Å². The molecule has 1 aromatic carbocycles. The summed E-state index contributed by atoms with van der Waals surface area (Å²) in [4.78, 5) is 12.9. The Bertz CT molecular complexity index is 696. The van der Waals surface area contributed by atoms with Crippen LogP contribution in [0.5, 0.6) is 0 Å². The molecule has 1 aliphatic heterocycles. The third-order valence-corrected chi connectivity index (χ3v) is 5.42. The summed E-state index contributed by atoms with van der Waals surface area (Å²) >= 11 is 1.85. The van der Waals surface area contributed by atoms with E-state index in [0.717, 1.165) is 49.3 Å². The van der Waals surface area contributed by atoms with Gasteiger partial charge in [-0.05, 0) is 43.5 Å². The van der Waals surface area contributed by atoms with E-state index >= 15 is 0 Å². The Labute approximate surface area is 166 Å². The molecular formula is C21H29N5S. The van der Waals surface area contributed by atoms with Gasteiger partial charge in [0, 0.05) is 43.0 Å². The van der Waals surface area contributed by atoms with Gasteiger partial charge in [0.25, 0.3) is 0 Å². The van der Waals surface area contributed by atoms with E-state index in [4.69, 9.17) is 0 Å². The van der Waals surface area contributed by atoms with Crippen LogP contribution in [0.2, 0.25) is 0 Å². The number of nitrogens with one attached hydrogen (secondary N) is 2. The summed E-state index contributed by atoms with van der Waals surface area (Å²) in [5.74, 6) is 2.94. The molecule has 0 saturated carbocycles. The summed E-state index contributed by atoms with van der Waals surface area (Å²) < 4.78 is 0. The van der Waals surface area contributed by atoms with Crippen molar-refractivity contribution in [2.75, 3.05) is 36.8 Å². The second kappa shape index (κ2) is 10.8. The lowest BCUT2D eigenvalue weighted by molar-refractivity contribution is 0.841. The molecule has 6 heteroatoms. The minimum Gasteiger partial charge on any atom is -0.357 e. The van der Waals surface area contributed by atoms with Gasteiger partial charge >= 0.3 is 0 Å². The van der Waals surface area contributed by atoms with Crippen molar-refractivity contribution in [3.63, 3.8) is 0 Å². The predicted octanol–water partition coefficient (Wildman–Crippen LogP) is 3.53. The zero-order chi connectivity index (χ0) is 18.7. The molecule has 2 N–H and O–H groups in total. The van der Waals surface area contributed by atoms with Gasteiger partial charge in [-0.3, -0.25) is 0 Å². The van der Waals surface area contributed by atoms with Crippen LogP contribution in [0.15, 0.2) is 58.5 Å². The fraction of sp³-hybridized carbons (Fsp3) is 0.429. The van der Waals surface area contributed by atoms with Crippen molar-refractivity contribution in [1.29, 1.82) is 0 Å². The number of hydrogen-bond donors (Lipinski definition) is 2. The van der Waals surface area contributed by atoms with Crippen LogP contribution in [-0.2, 0) is 6.54 Å². The van der Waals surface area contributed by atoms with E-state index in [9.17, 15) is 0 Å². The van der Waals surface area contributed by atoms with Gasteiger partial charge in [0.1, 0.15) is 5.82 Å². The number of nitrogens with zero attached hydrogens (tertiary/aromatic N) is 3. The van der Waals surface area contributed by atoms with Gasteiger partial charge in [0.2, 0.25) is 0 Å². The van der Waals surface area contributed by atoms with Crippen molar-refractivity contribution in [2.45, 2.75) is 31.2 Å². The van der Waals surface area contributed by atoms with E-state index in [-0.39, 0.29) is 0 Å². The van der Waals surface area contributed by atoms with Crippen molar-refractivity contribution in [3.05, 3.63) is 54.2 Å². The lowest BCUT2D eigenvalue weighted by atomic mass is 10.3. The van der Waals surface area contributed by atoms with Crippen LogP contribution in [-0.4, -0.2) is 42.9 Å². The molecule has 2 heterocycles. The molecule has 1 fully saturated rings. The average Bonchev–Trinajstić information content (AvgIpc) is 3.25. The molecular weight excluding hydrogens is 354 g/mol. The maximum absolute atomic E-state index is 4.69. The van der Waals surface area contributed by atoms with Crippen LogP contribution in [0.25, 0.3) is 0 Å². The Morgan fingerprint density at radius 3 is 2.63 bits per heavy atom. The van der Waals surface area contributed by atoms with Gasteiger partial charge < -0.3 is 15.5 Å². The Morgan fingerprint density at radius 1 is 1.11 bits per heavy atom. The number of hydrogen-bond acceptors (Lipinski definition) is 4. The molecule has 0 spiro atoms. The Hall–Kier alpha value is -2.21. The van der Waals surface area contributed by atoms with E-state index in [2.05, 4.69) is 68.8 Å². The molecule has 1 aromatic heterocycles. The second-order valence-corrected chi connectivity index (χ2v) is 7.67. The van der Waals surface area contributed by atoms with Crippen LogP contribution in [0.3, 0.4) is 0 Å². The van der Waals surface area contributed by atoms with Crippen molar-refractivity contribution in [3.8, 4) is 0 Å². The zero-order valence-corrected chi connectivity index (χ0v) is 16.8. The van der Waals surface area contributed by atoms with Crippen LogP contribution in [0, 0.1) is 0 Å². The Kier molecular flexibility index (Phi) is 7.84. The summed E-state index contributed by atoms with van der Waals surface area (Å²) in [6, 6.07) is 14.7. The number of thioether (sulfide) groups is 1. The number of benzene rings is 1. The van der Waals surface area contributed by atoms with Crippen LogP contribution < -0.4 is 15.5 Å². The number of guanidine groups is 1. The fourth-order valence-corrected chi connectivity index (χ4v) is 3.80. The number of anilines is 1. The average molecular weight is 384 g/mol. The first-order chi connectivity index (χ1) is 13.3. The van der Waals surface area contributed by atoms with E-state index in [1.54, 1.807) is 0 Å². The maximum atomic E-state index is 4.69. The quantitative estimate of drug-likeness (QED) is 0.316. The Morgan fingerprint density at radius 2 is 1.93 bits per heavy atom. The maximum Gasteiger partial charge on any atom is 0.191 e. The lowest BCUT2D eigenvalue weighted by Crippen LogP contribution is -2.38. The number of aromatic nitrogens is 1. The molecule has 0 bridgehead atoms. The zero-order valence-electron chi connectivity index (χ0n) is 16.0. The molecule has 2 aromatic rings. The monoisotopic (exact) mass is 383 g/mol. The first kappa shape index (κ1) is 19.5. The predicted molar refractivity (Wildman–Crippen MR) is 116 cm³/mol. The van der Waals surface area contributed by atoms with Gasteiger partial charge in [-0.2, -0.15) is 0 Å². The van der Waals surface area contributed by atoms with Crippen LogP contribution in [0.1, 0.15) is 25.3 Å². The minimum atomic E-state index is 0.633. The molecule has 0 radical (unpaired) electrons. The highest BCUT2D eigenvalue weighted by Gasteiger charge is 2.12. The molecule has 27 heavy (non-hydrogen) atoms. The number of aliphatic imine (C=N–C) groups is 1.